The quantitative estimate of drug-likeness (QED) is 0.747. The van der Waals surface area contributed by atoms with E-state index in [-0.39, 0.29) is 11.3 Å². The highest BCUT2D eigenvalue weighted by molar-refractivity contribution is 6.00. The van der Waals surface area contributed by atoms with E-state index >= 15 is 0 Å². The zero-order chi connectivity index (χ0) is 19.9. The molecule has 1 aromatic carbocycles. The topological polar surface area (TPSA) is 77.4 Å². The van der Waals surface area contributed by atoms with Crippen LogP contribution in [0.4, 0.5) is 0 Å². The number of hydrogen-bond acceptors (Lipinski definition) is 4. The molecule has 0 radical (unpaired) electrons. The molecule has 1 aliphatic heterocycles. The fourth-order valence-corrected chi connectivity index (χ4v) is 3.50. The Hall–Kier alpha value is -2.73. The average Bonchev–Trinajstić information content (AvgIpc) is 2.74. The van der Waals surface area contributed by atoms with Gasteiger partial charge in [-0.1, -0.05) is 30.3 Å². The molecule has 0 aliphatic carbocycles. The minimum Gasteiger partial charge on any atom is -0.381 e. The van der Waals surface area contributed by atoms with Crippen LogP contribution < -0.4 is 10.9 Å². The van der Waals surface area contributed by atoms with E-state index in [2.05, 4.69) is 5.32 Å². The normalized spacial score (nSPS) is 16.5. The van der Waals surface area contributed by atoms with Crippen LogP contribution in [0.3, 0.4) is 0 Å². The van der Waals surface area contributed by atoms with E-state index in [0.29, 0.717) is 31.1 Å². The second-order valence-electron chi connectivity index (χ2n) is 7.19. The van der Waals surface area contributed by atoms with Crippen molar-refractivity contribution >= 4 is 11.7 Å². The van der Waals surface area contributed by atoms with E-state index in [4.69, 9.17) is 4.74 Å². The summed E-state index contributed by atoms with van der Waals surface area (Å²) < 4.78 is 6.92. The summed E-state index contributed by atoms with van der Waals surface area (Å²) >= 11 is 0. The Kier molecular flexibility index (Phi) is 6.76. The maximum absolute atomic E-state index is 12.8. The third-order valence-corrected chi connectivity index (χ3v) is 5.11. The fourth-order valence-electron chi connectivity index (χ4n) is 3.50. The molecule has 1 amide bonds. The molecule has 2 aromatic rings. The molecule has 0 unspecified atom stereocenters. The Morgan fingerprint density at radius 2 is 2.04 bits per heavy atom. The van der Waals surface area contributed by atoms with Gasteiger partial charge in [-0.25, -0.2) is 0 Å². The minimum absolute atomic E-state index is 0.00900. The highest BCUT2D eigenvalue weighted by Gasteiger charge is 2.19. The van der Waals surface area contributed by atoms with E-state index < -0.39 is 11.5 Å². The molecule has 28 heavy (non-hydrogen) atoms. The van der Waals surface area contributed by atoms with Gasteiger partial charge in [-0.15, -0.1) is 0 Å². The van der Waals surface area contributed by atoms with Crippen molar-refractivity contribution in [2.24, 2.45) is 5.92 Å². The van der Waals surface area contributed by atoms with Crippen molar-refractivity contribution in [2.45, 2.75) is 32.2 Å². The van der Waals surface area contributed by atoms with Crippen molar-refractivity contribution in [1.29, 1.82) is 0 Å². The number of amides is 1. The summed E-state index contributed by atoms with van der Waals surface area (Å²) in [4.78, 5) is 37.7. The number of nitrogens with zero attached hydrogens (tertiary/aromatic N) is 1. The number of carbonyl (C=O) groups excluding carboxylic acids is 2. The molecule has 1 aromatic heterocycles. The molecule has 1 atom stereocenters. The number of hydrogen-bond donors (Lipinski definition) is 1. The molecule has 0 spiro atoms. The summed E-state index contributed by atoms with van der Waals surface area (Å²) in [7, 11) is 1.47. The first-order valence-electron chi connectivity index (χ1n) is 9.70. The molecule has 1 N–H and O–H groups in total. The van der Waals surface area contributed by atoms with Crippen LogP contribution in [0.15, 0.2) is 47.4 Å². The SMILES string of the molecule is CNC(=O)c1cc(C(=O)CC[C@@H]2CCCOC2)cn(Cc2ccccc2)c1=O. The number of ketones is 1. The molecule has 6 nitrogen and oxygen atoms in total. The predicted molar refractivity (Wildman–Crippen MR) is 107 cm³/mol. The van der Waals surface area contributed by atoms with Gasteiger partial charge in [0.05, 0.1) is 6.54 Å². The number of rotatable bonds is 7. The van der Waals surface area contributed by atoms with Crippen LogP contribution in [-0.4, -0.2) is 36.5 Å². The lowest BCUT2D eigenvalue weighted by Gasteiger charge is -2.21. The summed E-state index contributed by atoms with van der Waals surface area (Å²) in [6.07, 6.45) is 4.81. The summed E-state index contributed by atoms with van der Waals surface area (Å²) in [5.74, 6) is -0.147. The monoisotopic (exact) mass is 382 g/mol. The Bertz CT molecular complexity index is 883. The second-order valence-corrected chi connectivity index (χ2v) is 7.19. The maximum Gasteiger partial charge on any atom is 0.263 e. The van der Waals surface area contributed by atoms with Crippen molar-refractivity contribution in [3.8, 4) is 0 Å². The van der Waals surface area contributed by atoms with Gasteiger partial charge in [-0.3, -0.25) is 14.4 Å². The van der Waals surface area contributed by atoms with Gasteiger partial charge in [-0.2, -0.15) is 0 Å². The van der Waals surface area contributed by atoms with Gasteiger partial charge in [0.2, 0.25) is 0 Å². The smallest absolute Gasteiger partial charge is 0.263 e. The van der Waals surface area contributed by atoms with Gasteiger partial charge in [0, 0.05) is 38.4 Å². The maximum atomic E-state index is 12.8. The van der Waals surface area contributed by atoms with Gasteiger partial charge in [0.15, 0.2) is 5.78 Å². The third kappa shape index (κ3) is 4.95. The first kappa shape index (κ1) is 20.0. The van der Waals surface area contributed by atoms with Crippen molar-refractivity contribution in [3.05, 3.63) is 69.6 Å². The largest absolute Gasteiger partial charge is 0.381 e. The van der Waals surface area contributed by atoms with Crippen molar-refractivity contribution < 1.29 is 14.3 Å². The van der Waals surface area contributed by atoms with Gasteiger partial charge in [-0.05, 0) is 36.8 Å². The lowest BCUT2D eigenvalue weighted by atomic mass is 9.94. The zero-order valence-electron chi connectivity index (χ0n) is 16.1. The third-order valence-electron chi connectivity index (χ3n) is 5.11. The van der Waals surface area contributed by atoms with Crippen molar-refractivity contribution in [3.63, 3.8) is 0 Å². The van der Waals surface area contributed by atoms with Gasteiger partial charge in [0.1, 0.15) is 5.56 Å². The Balaban J connectivity index is 1.84. The fraction of sp³-hybridized carbons (Fsp3) is 0.409. The van der Waals surface area contributed by atoms with Crippen LogP contribution in [0.25, 0.3) is 0 Å². The molecule has 1 aliphatic rings. The lowest BCUT2D eigenvalue weighted by molar-refractivity contribution is 0.0502. The number of benzene rings is 1. The summed E-state index contributed by atoms with van der Waals surface area (Å²) in [5.41, 5.74) is 0.910. The Labute approximate surface area is 164 Å². The van der Waals surface area contributed by atoms with Crippen LogP contribution in [0.5, 0.6) is 0 Å². The number of nitrogens with one attached hydrogen (secondary N) is 1. The zero-order valence-corrected chi connectivity index (χ0v) is 16.1. The summed E-state index contributed by atoms with van der Waals surface area (Å²) in [6, 6.07) is 10.9. The molecule has 0 bridgehead atoms. The first-order valence-corrected chi connectivity index (χ1v) is 9.70. The van der Waals surface area contributed by atoms with Crippen LogP contribution in [-0.2, 0) is 11.3 Å². The molecule has 1 fully saturated rings. The van der Waals surface area contributed by atoms with Gasteiger partial charge >= 0.3 is 0 Å². The number of carbonyl (C=O) groups is 2. The van der Waals surface area contributed by atoms with Crippen LogP contribution in [0.2, 0.25) is 0 Å². The number of ether oxygens (including phenoxy) is 1. The van der Waals surface area contributed by atoms with Gasteiger partial charge in [0.25, 0.3) is 11.5 Å². The van der Waals surface area contributed by atoms with Crippen molar-refractivity contribution in [1.82, 2.24) is 9.88 Å². The van der Waals surface area contributed by atoms with E-state index in [9.17, 15) is 14.4 Å². The second kappa shape index (κ2) is 9.46. The lowest BCUT2D eigenvalue weighted by Crippen LogP contribution is -2.32. The molecular weight excluding hydrogens is 356 g/mol. The average molecular weight is 382 g/mol. The van der Waals surface area contributed by atoms with E-state index in [1.165, 1.54) is 17.7 Å². The first-order chi connectivity index (χ1) is 13.6. The minimum atomic E-state index is -0.484. The standard InChI is InChI=1S/C22H26N2O4/c1-23-21(26)19-12-18(20(25)10-9-17-8-5-11-28-15-17)14-24(22(19)27)13-16-6-3-2-4-7-16/h2-4,6-7,12,14,17H,5,8-11,13,15H2,1H3,(H,23,26)/t17-/m0/s1. The highest BCUT2D eigenvalue weighted by atomic mass is 16.5. The number of pyridine rings is 1. The summed E-state index contributed by atoms with van der Waals surface area (Å²) in [5, 5.41) is 2.48. The summed E-state index contributed by atoms with van der Waals surface area (Å²) in [6.45, 7) is 1.80. The Morgan fingerprint density at radius 1 is 1.25 bits per heavy atom. The van der Waals surface area contributed by atoms with Gasteiger partial charge < -0.3 is 14.6 Å². The predicted octanol–water partition coefficient (Wildman–Crippen LogP) is 2.65. The van der Waals surface area contributed by atoms with E-state index in [1.807, 2.05) is 30.3 Å². The molecule has 0 saturated carbocycles. The molecule has 3 rings (SSSR count). The van der Waals surface area contributed by atoms with Crippen LogP contribution in [0, 0.1) is 5.92 Å². The highest BCUT2D eigenvalue weighted by Crippen LogP contribution is 2.20. The van der Waals surface area contributed by atoms with Crippen LogP contribution in [0.1, 0.15) is 52.0 Å². The van der Waals surface area contributed by atoms with E-state index in [0.717, 1.165) is 31.4 Å². The number of aromatic nitrogens is 1. The van der Waals surface area contributed by atoms with E-state index in [1.54, 1.807) is 6.20 Å². The molecule has 1 saturated heterocycles. The molecular formula is C22H26N2O4. The van der Waals surface area contributed by atoms with Crippen LogP contribution >= 0.6 is 0 Å². The number of Topliss-reactive ketones (excluding diaryl/α,β-unsaturated/α-hetero) is 1. The van der Waals surface area contributed by atoms with Crippen molar-refractivity contribution in [2.75, 3.05) is 20.3 Å². The molecule has 148 valence electrons. The molecule has 2 heterocycles. The Morgan fingerprint density at radius 3 is 2.71 bits per heavy atom. The molecule has 6 heteroatoms.